The maximum Gasteiger partial charge on any atom is 0.244 e. The van der Waals surface area contributed by atoms with E-state index in [9.17, 15) is 5.11 Å². The highest BCUT2D eigenvalue weighted by atomic mass is 16.5. The van der Waals surface area contributed by atoms with Gasteiger partial charge in [-0.2, -0.15) is 4.98 Å². The molecule has 1 saturated heterocycles. The molecule has 88 valence electrons. The van der Waals surface area contributed by atoms with E-state index in [2.05, 4.69) is 20.4 Å². The summed E-state index contributed by atoms with van der Waals surface area (Å²) in [5.41, 5.74) is 0.820. The first-order valence-corrected chi connectivity index (χ1v) is 5.48. The van der Waals surface area contributed by atoms with Crippen LogP contribution in [-0.4, -0.2) is 32.9 Å². The fraction of sp³-hybridized carbons (Fsp3) is 0.364. The van der Waals surface area contributed by atoms with Crippen LogP contribution in [0.5, 0.6) is 0 Å². The Hall–Kier alpha value is -1.79. The second-order valence-electron chi connectivity index (χ2n) is 4.05. The number of β-amino-alcohol motifs (C(OH)–C–C–N with tert-alkyl or cyclic N) is 1. The first kappa shape index (κ1) is 10.4. The smallest absolute Gasteiger partial charge is 0.244 e. The number of aliphatic hydroxyl groups is 1. The van der Waals surface area contributed by atoms with Crippen LogP contribution in [0.25, 0.3) is 11.4 Å². The van der Waals surface area contributed by atoms with Gasteiger partial charge < -0.3 is 14.9 Å². The SMILES string of the molecule is O[C@@H]1CN[C@H](c2nc(-c3cccnc3)no2)C1. The Kier molecular flexibility index (Phi) is 2.58. The molecule has 0 saturated carbocycles. The molecule has 17 heavy (non-hydrogen) atoms. The Balaban J connectivity index is 1.84. The molecule has 1 aliphatic rings. The number of hydrogen-bond donors (Lipinski definition) is 2. The maximum absolute atomic E-state index is 9.42. The predicted octanol–water partition coefficient (Wildman–Crippen LogP) is 0.527. The number of nitrogens with zero attached hydrogens (tertiary/aromatic N) is 3. The molecule has 0 aromatic carbocycles. The Morgan fingerprint density at radius 3 is 3.12 bits per heavy atom. The van der Waals surface area contributed by atoms with E-state index in [1.807, 2.05) is 12.1 Å². The van der Waals surface area contributed by atoms with E-state index in [0.717, 1.165) is 5.56 Å². The standard InChI is InChI=1S/C11H12N4O2/c16-8-4-9(13-6-8)11-14-10(15-17-11)7-2-1-3-12-5-7/h1-3,5,8-9,13,16H,4,6H2/t8-,9-/m0/s1. The van der Waals surface area contributed by atoms with Crippen molar-refractivity contribution < 1.29 is 9.63 Å². The average molecular weight is 232 g/mol. The van der Waals surface area contributed by atoms with Crippen molar-refractivity contribution in [1.29, 1.82) is 0 Å². The lowest BCUT2D eigenvalue weighted by atomic mass is 10.2. The van der Waals surface area contributed by atoms with Crippen LogP contribution in [0.15, 0.2) is 29.0 Å². The summed E-state index contributed by atoms with van der Waals surface area (Å²) in [6, 6.07) is 3.64. The van der Waals surface area contributed by atoms with Gasteiger partial charge in [0.2, 0.25) is 11.7 Å². The Morgan fingerprint density at radius 2 is 2.41 bits per heavy atom. The Labute approximate surface area is 97.7 Å². The minimum Gasteiger partial charge on any atom is -0.392 e. The molecule has 0 bridgehead atoms. The second kappa shape index (κ2) is 4.23. The molecule has 0 amide bonds. The molecule has 3 heterocycles. The molecule has 6 nitrogen and oxygen atoms in total. The van der Waals surface area contributed by atoms with Crippen LogP contribution in [0.3, 0.4) is 0 Å². The molecule has 2 N–H and O–H groups in total. The fourth-order valence-electron chi connectivity index (χ4n) is 1.89. The summed E-state index contributed by atoms with van der Waals surface area (Å²) in [4.78, 5) is 8.31. The lowest BCUT2D eigenvalue weighted by molar-refractivity contribution is 0.191. The number of hydrogen-bond acceptors (Lipinski definition) is 6. The zero-order valence-electron chi connectivity index (χ0n) is 9.08. The summed E-state index contributed by atoms with van der Waals surface area (Å²) >= 11 is 0. The number of rotatable bonds is 2. The van der Waals surface area contributed by atoms with Crippen LogP contribution in [0, 0.1) is 0 Å². The molecule has 0 spiro atoms. The molecule has 1 fully saturated rings. The van der Waals surface area contributed by atoms with Gasteiger partial charge in [0, 0.05) is 24.5 Å². The van der Waals surface area contributed by atoms with Crippen LogP contribution in [0.1, 0.15) is 18.4 Å². The minimum absolute atomic E-state index is 0.0529. The van der Waals surface area contributed by atoms with Gasteiger partial charge >= 0.3 is 0 Å². The average Bonchev–Trinajstić information content (AvgIpc) is 2.98. The van der Waals surface area contributed by atoms with Crippen molar-refractivity contribution in [2.24, 2.45) is 0 Å². The van der Waals surface area contributed by atoms with Crippen molar-refractivity contribution >= 4 is 0 Å². The van der Waals surface area contributed by atoms with Crippen molar-refractivity contribution in [3.8, 4) is 11.4 Å². The normalized spacial score (nSPS) is 24.1. The van der Waals surface area contributed by atoms with Gasteiger partial charge in [-0.25, -0.2) is 0 Å². The molecule has 0 radical (unpaired) electrons. The molecule has 2 aromatic heterocycles. The number of nitrogens with one attached hydrogen (secondary N) is 1. The molecular weight excluding hydrogens is 220 g/mol. The molecule has 2 aromatic rings. The summed E-state index contributed by atoms with van der Waals surface area (Å²) in [6.07, 6.45) is 3.65. The van der Waals surface area contributed by atoms with Gasteiger partial charge in [0.25, 0.3) is 0 Å². The zero-order chi connectivity index (χ0) is 11.7. The van der Waals surface area contributed by atoms with Gasteiger partial charge in [0.05, 0.1) is 12.1 Å². The Bertz CT molecular complexity index is 499. The minimum atomic E-state index is -0.339. The molecule has 0 unspecified atom stereocenters. The predicted molar refractivity (Wildman–Crippen MR) is 58.9 cm³/mol. The van der Waals surface area contributed by atoms with Crippen molar-refractivity contribution in [2.75, 3.05) is 6.54 Å². The van der Waals surface area contributed by atoms with Gasteiger partial charge in [0.1, 0.15) is 0 Å². The van der Waals surface area contributed by atoms with Gasteiger partial charge in [-0.05, 0) is 18.6 Å². The lowest BCUT2D eigenvalue weighted by Crippen LogP contribution is -2.15. The molecule has 3 rings (SSSR count). The third-order valence-corrected chi connectivity index (χ3v) is 2.77. The highest BCUT2D eigenvalue weighted by Crippen LogP contribution is 2.24. The topological polar surface area (TPSA) is 84.1 Å². The number of aromatic nitrogens is 3. The summed E-state index contributed by atoms with van der Waals surface area (Å²) in [6.45, 7) is 0.565. The fourth-order valence-corrected chi connectivity index (χ4v) is 1.89. The van der Waals surface area contributed by atoms with E-state index in [-0.39, 0.29) is 12.1 Å². The zero-order valence-corrected chi connectivity index (χ0v) is 9.08. The quantitative estimate of drug-likeness (QED) is 0.785. The molecule has 1 aliphatic heterocycles. The summed E-state index contributed by atoms with van der Waals surface area (Å²) in [5.74, 6) is 1.04. The van der Waals surface area contributed by atoms with Gasteiger partial charge in [0.15, 0.2) is 0 Å². The van der Waals surface area contributed by atoms with Crippen molar-refractivity contribution in [2.45, 2.75) is 18.6 Å². The van der Waals surface area contributed by atoms with E-state index in [0.29, 0.717) is 24.7 Å². The van der Waals surface area contributed by atoms with Crippen molar-refractivity contribution in [1.82, 2.24) is 20.4 Å². The van der Waals surface area contributed by atoms with Crippen LogP contribution >= 0.6 is 0 Å². The van der Waals surface area contributed by atoms with Crippen LogP contribution < -0.4 is 5.32 Å². The van der Waals surface area contributed by atoms with Crippen molar-refractivity contribution in [3.05, 3.63) is 30.4 Å². The lowest BCUT2D eigenvalue weighted by Gasteiger charge is -2.01. The van der Waals surface area contributed by atoms with Gasteiger partial charge in [-0.1, -0.05) is 5.16 Å². The van der Waals surface area contributed by atoms with E-state index in [1.54, 1.807) is 12.4 Å². The van der Waals surface area contributed by atoms with Gasteiger partial charge in [-0.3, -0.25) is 4.98 Å². The van der Waals surface area contributed by atoms with E-state index in [4.69, 9.17) is 4.52 Å². The summed E-state index contributed by atoms with van der Waals surface area (Å²) < 4.78 is 5.19. The van der Waals surface area contributed by atoms with Crippen LogP contribution in [-0.2, 0) is 0 Å². The summed E-state index contributed by atoms with van der Waals surface area (Å²) in [5, 5.41) is 16.5. The monoisotopic (exact) mass is 232 g/mol. The summed E-state index contributed by atoms with van der Waals surface area (Å²) in [7, 11) is 0. The van der Waals surface area contributed by atoms with E-state index >= 15 is 0 Å². The highest BCUT2D eigenvalue weighted by Gasteiger charge is 2.28. The third kappa shape index (κ3) is 2.04. The third-order valence-electron chi connectivity index (χ3n) is 2.77. The molecule has 2 atom stereocenters. The maximum atomic E-state index is 9.42. The van der Waals surface area contributed by atoms with E-state index in [1.165, 1.54) is 0 Å². The highest BCUT2D eigenvalue weighted by molar-refractivity contribution is 5.51. The second-order valence-corrected chi connectivity index (χ2v) is 4.05. The molecular formula is C11H12N4O2. The van der Waals surface area contributed by atoms with Gasteiger partial charge in [-0.15, -0.1) is 0 Å². The van der Waals surface area contributed by atoms with Crippen LogP contribution in [0.2, 0.25) is 0 Å². The Morgan fingerprint density at radius 1 is 1.47 bits per heavy atom. The number of pyridine rings is 1. The first-order valence-electron chi connectivity index (χ1n) is 5.48. The first-order chi connectivity index (χ1) is 8.33. The van der Waals surface area contributed by atoms with Crippen LogP contribution in [0.4, 0.5) is 0 Å². The largest absolute Gasteiger partial charge is 0.392 e. The van der Waals surface area contributed by atoms with E-state index < -0.39 is 0 Å². The molecule has 0 aliphatic carbocycles. The number of aliphatic hydroxyl groups excluding tert-OH is 1. The van der Waals surface area contributed by atoms with Crippen molar-refractivity contribution in [3.63, 3.8) is 0 Å². The molecule has 6 heteroatoms.